The number of hydrogen-bond acceptors (Lipinski definition) is 3. The Morgan fingerprint density at radius 3 is 2.65 bits per heavy atom. The lowest BCUT2D eigenvalue weighted by atomic mass is 9.67. The van der Waals surface area contributed by atoms with Crippen molar-refractivity contribution in [2.45, 2.75) is 58.4 Å². The van der Waals surface area contributed by atoms with Gasteiger partial charge in [-0.25, -0.2) is 12.7 Å². The maximum absolute atomic E-state index is 11.7. The van der Waals surface area contributed by atoms with Gasteiger partial charge in [0.15, 0.2) is 0 Å². The number of rotatable bonds is 3. The van der Waals surface area contributed by atoms with Crippen molar-refractivity contribution in [2.24, 2.45) is 23.0 Å². The summed E-state index contributed by atoms with van der Waals surface area (Å²) in [7, 11) is -3.03. The molecule has 118 valence electrons. The molecule has 2 N–H and O–H groups in total. The summed E-state index contributed by atoms with van der Waals surface area (Å²) in [4.78, 5) is 0. The lowest BCUT2D eigenvalue weighted by Crippen LogP contribution is -2.43. The summed E-state index contributed by atoms with van der Waals surface area (Å²) in [5.74, 6) is 1.05. The summed E-state index contributed by atoms with van der Waals surface area (Å²) in [6, 6.07) is 0.302. The van der Waals surface area contributed by atoms with Crippen molar-refractivity contribution in [1.82, 2.24) is 4.31 Å². The van der Waals surface area contributed by atoms with Gasteiger partial charge in [0.2, 0.25) is 10.0 Å². The smallest absolute Gasteiger partial charge is 0.211 e. The van der Waals surface area contributed by atoms with Gasteiger partial charge in [0, 0.05) is 19.1 Å². The van der Waals surface area contributed by atoms with E-state index >= 15 is 0 Å². The van der Waals surface area contributed by atoms with Crippen molar-refractivity contribution in [3.05, 3.63) is 0 Å². The van der Waals surface area contributed by atoms with Crippen molar-refractivity contribution in [3.8, 4) is 0 Å². The average molecular weight is 302 g/mol. The third-order valence-electron chi connectivity index (χ3n) is 5.16. The molecule has 0 aromatic carbocycles. The average Bonchev–Trinajstić information content (AvgIpc) is 2.33. The van der Waals surface area contributed by atoms with E-state index in [1.807, 2.05) is 0 Å². The van der Waals surface area contributed by atoms with Gasteiger partial charge < -0.3 is 5.73 Å². The van der Waals surface area contributed by atoms with Gasteiger partial charge in [0.05, 0.1) is 6.26 Å². The van der Waals surface area contributed by atoms with E-state index in [2.05, 4.69) is 13.8 Å². The van der Waals surface area contributed by atoms with Crippen LogP contribution in [0.25, 0.3) is 0 Å². The molecule has 3 unspecified atom stereocenters. The first kappa shape index (κ1) is 16.2. The van der Waals surface area contributed by atoms with Crippen molar-refractivity contribution < 1.29 is 8.42 Å². The highest BCUT2D eigenvalue weighted by Gasteiger charge is 2.35. The first-order valence-corrected chi connectivity index (χ1v) is 9.73. The van der Waals surface area contributed by atoms with E-state index in [4.69, 9.17) is 5.73 Å². The summed E-state index contributed by atoms with van der Waals surface area (Å²) >= 11 is 0. The number of piperidine rings is 1. The third-order valence-corrected chi connectivity index (χ3v) is 6.43. The SMILES string of the molecule is CC1(C)CCC(N)C(CC2CCCN(S(C)(=O)=O)C2)C1. The Hall–Kier alpha value is -0.130. The van der Waals surface area contributed by atoms with Crippen molar-refractivity contribution in [3.63, 3.8) is 0 Å². The van der Waals surface area contributed by atoms with Gasteiger partial charge in [-0.15, -0.1) is 0 Å². The number of nitrogens with two attached hydrogens (primary N) is 1. The number of hydrogen-bond donors (Lipinski definition) is 1. The lowest BCUT2D eigenvalue weighted by molar-refractivity contribution is 0.122. The van der Waals surface area contributed by atoms with Crippen molar-refractivity contribution in [2.75, 3.05) is 19.3 Å². The molecule has 2 aliphatic rings. The van der Waals surface area contributed by atoms with Crippen LogP contribution in [0.2, 0.25) is 0 Å². The summed E-state index contributed by atoms with van der Waals surface area (Å²) in [6.45, 7) is 6.05. The van der Waals surface area contributed by atoms with E-state index in [0.717, 1.165) is 25.7 Å². The van der Waals surface area contributed by atoms with Gasteiger partial charge in [-0.1, -0.05) is 13.8 Å². The van der Waals surface area contributed by atoms with Crippen LogP contribution in [-0.4, -0.2) is 38.1 Å². The Labute approximate surface area is 124 Å². The van der Waals surface area contributed by atoms with E-state index in [-0.39, 0.29) is 0 Å². The molecule has 1 aliphatic carbocycles. The normalized spacial score (nSPS) is 35.9. The summed E-state index contributed by atoms with van der Waals surface area (Å²) in [6.07, 6.45) is 8.06. The first-order chi connectivity index (χ1) is 9.17. The van der Waals surface area contributed by atoms with Crippen LogP contribution in [0.4, 0.5) is 0 Å². The van der Waals surface area contributed by atoms with Crippen LogP contribution in [0.15, 0.2) is 0 Å². The highest BCUT2D eigenvalue weighted by molar-refractivity contribution is 7.88. The molecule has 0 aromatic heterocycles. The molecule has 3 atom stereocenters. The Bertz CT molecular complexity index is 433. The van der Waals surface area contributed by atoms with Crippen LogP contribution in [-0.2, 0) is 10.0 Å². The molecule has 20 heavy (non-hydrogen) atoms. The van der Waals surface area contributed by atoms with Crippen LogP contribution in [0.3, 0.4) is 0 Å². The quantitative estimate of drug-likeness (QED) is 0.869. The Balaban J connectivity index is 1.95. The lowest BCUT2D eigenvalue weighted by Gasteiger charge is -2.42. The molecular formula is C15H30N2O2S. The van der Waals surface area contributed by atoms with Crippen LogP contribution in [0, 0.1) is 17.3 Å². The molecule has 1 saturated carbocycles. The first-order valence-electron chi connectivity index (χ1n) is 7.88. The van der Waals surface area contributed by atoms with E-state index in [9.17, 15) is 8.42 Å². The summed E-state index contributed by atoms with van der Waals surface area (Å²) in [5.41, 5.74) is 6.70. The van der Waals surface area contributed by atoms with Gasteiger partial charge in [-0.3, -0.25) is 0 Å². The summed E-state index contributed by atoms with van der Waals surface area (Å²) in [5, 5.41) is 0. The third kappa shape index (κ3) is 4.18. The predicted molar refractivity (Wildman–Crippen MR) is 82.9 cm³/mol. The monoisotopic (exact) mass is 302 g/mol. The molecule has 0 spiro atoms. The van der Waals surface area contributed by atoms with Crippen LogP contribution < -0.4 is 5.73 Å². The highest BCUT2D eigenvalue weighted by Crippen LogP contribution is 2.41. The molecule has 0 amide bonds. The Morgan fingerprint density at radius 2 is 2.00 bits per heavy atom. The van der Waals surface area contributed by atoms with E-state index in [0.29, 0.717) is 36.4 Å². The maximum Gasteiger partial charge on any atom is 0.211 e. The standard InChI is InChI=1S/C15H30N2O2S/c1-15(2)7-6-14(16)13(10-15)9-12-5-4-8-17(11-12)20(3,18)19/h12-14H,4-11,16H2,1-3H3. The topological polar surface area (TPSA) is 63.4 Å². The fourth-order valence-corrected chi connectivity index (χ4v) is 4.91. The molecule has 0 radical (unpaired) electrons. The second-order valence-electron chi connectivity index (χ2n) is 7.70. The van der Waals surface area contributed by atoms with Gasteiger partial charge >= 0.3 is 0 Å². The van der Waals surface area contributed by atoms with Crippen molar-refractivity contribution >= 4 is 10.0 Å². The molecule has 2 fully saturated rings. The molecular weight excluding hydrogens is 272 g/mol. The molecule has 1 aliphatic heterocycles. The zero-order valence-corrected chi connectivity index (χ0v) is 14.0. The highest BCUT2D eigenvalue weighted by atomic mass is 32.2. The largest absolute Gasteiger partial charge is 0.327 e. The second kappa shape index (κ2) is 5.93. The van der Waals surface area contributed by atoms with Crippen LogP contribution in [0.5, 0.6) is 0 Å². The van der Waals surface area contributed by atoms with Crippen LogP contribution >= 0.6 is 0 Å². The Morgan fingerprint density at radius 1 is 1.30 bits per heavy atom. The molecule has 0 bridgehead atoms. The predicted octanol–water partition coefficient (Wildman–Crippen LogP) is 2.20. The van der Waals surface area contributed by atoms with Gasteiger partial charge in [0.1, 0.15) is 0 Å². The zero-order valence-electron chi connectivity index (χ0n) is 13.1. The van der Waals surface area contributed by atoms with E-state index in [1.54, 1.807) is 4.31 Å². The van der Waals surface area contributed by atoms with Gasteiger partial charge in [0.25, 0.3) is 0 Å². The maximum atomic E-state index is 11.7. The minimum absolute atomic E-state index is 0.302. The minimum Gasteiger partial charge on any atom is -0.327 e. The second-order valence-corrected chi connectivity index (χ2v) is 9.68. The van der Waals surface area contributed by atoms with Gasteiger partial charge in [-0.2, -0.15) is 0 Å². The molecule has 2 rings (SSSR count). The van der Waals surface area contributed by atoms with Crippen molar-refractivity contribution in [1.29, 1.82) is 0 Å². The van der Waals surface area contributed by atoms with Crippen LogP contribution in [0.1, 0.15) is 52.4 Å². The fourth-order valence-electron chi connectivity index (χ4n) is 3.96. The Kier molecular flexibility index (Phi) is 4.82. The number of sulfonamides is 1. The molecule has 5 heteroatoms. The van der Waals surface area contributed by atoms with Gasteiger partial charge in [-0.05, 0) is 55.8 Å². The fraction of sp³-hybridized carbons (Fsp3) is 1.00. The molecule has 4 nitrogen and oxygen atoms in total. The minimum atomic E-state index is -3.03. The van der Waals surface area contributed by atoms with E-state index in [1.165, 1.54) is 19.1 Å². The molecule has 1 saturated heterocycles. The number of nitrogens with zero attached hydrogens (tertiary/aromatic N) is 1. The molecule has 1 heterocycles. The zero-order chi connectivity index (χ0) is 15.0. The summed E-state index contributed by atoms with van der Waals surface area (Å²) < 4.78 is 25.0. The molecule has 0 aromatic rings. The van der Waals surface area contributed by atoms with E-state index < -0.39 is 10.0 Å².